The van der Waals surface area contributed by atoms with Gasteiger partial charge >= 0.3 is 0 Å². The van der Waals surface area contributed by atoms with Crippen molar-refractivity contribution in [2.24, 2.45) is 0 Å². The Morgan fingerprint density at radius 3 is 2.38 bits per heavy atom. The average Bonchev–Trinajstić information content (AvgIpc) is 3.30. The van der Waals surface area contributed by atoms with Crippen LogP contribution in [0.2, 0.25) is 10.0 Å². The first-order valence-electron chi connectivity index (χ1n) is 9.71. The quantitative estimate of drug-likeness (QED) is 0.477. The van der Waals surface area contributed by atoms with E-state index in [0.29, 0.717) is 42.7 Å². The average molecular weight is 514 g/mol. The van der Waals surface area contributed by atoms with Gasteiger partial charge in [0.05, 0.1) is 34.9 Å². The maximum Gasteiger partial charge on any atom is 0.243 e. The number of hydrogen-bond donors (Lipinski definition) is 0. The molecule has 0 amide bonds. The van der Waals surface area contributed by atoms with Gasteiger partial charge < -0.3 is 14.4 Å². The van der Waals surface area contributed by atoms with Crippen LogP contribution in [0.1, 0.15) is 0 Å². The van der Waals surface area contributed by atoms with Crippen LogP contribution in [0.15, 0.2) is 46.7 Å². The summed E-state index contributed by atoms with van der Waals surface area (Å²) in [7, 11) is -0.424. The van der Waals surface area contributed by atoms with Crippen LogP contribution < -0.4 is 14.4 Å². The van der Waals surface area contributed by atoms with Crippen molar-refractivity contribution in [3.05, 3.63) is 51.8 Å². The lowest BCUT2D eigenvalue weighted by molar-refractivity contribution is 0.384. The fourth-order valence-electron chi connectivity index (χ4n) is 3.45. The first kappa shape index (κ1) is 23.1. The molecule has 0 bridgehead atoms. The Morgan fingerprint density at radius 2 is 1.72 bits per heavy atom. The monoisotopic (exact) mass is 513 g/mol. The third-order valence-corrected chi connectivity index (χ3v) is 8.75. The largest absolute Gasteiger partial charge is 0.497 e. The van der Waals surface area contributed by atoms with E-state index in [1.807, 2.05) is 23.6 Å². The van der Waals surface area contributed by atoms with Gasteiger partial charge in [0.15, 0.2) is 5.13 Å². The summed E-state index contributed by atoms with van der Waals surface area (Å²) in [6, 6.07) is 9.96. The Morgan fingerprint density at radius 1 is 0.969 bits per heavy atom. The molecule has 0 radical (unpaired) electrons. The summed E-state index contributed by atoms with van der Waals surface area (Å²) in [6.07, 6.45) is 0. The van der Waals surface area contributed by atoms with Crippen molar-refractivity contribution < 1.29 is 17.9 Å². The lowest BCUT2D eigenvalue weighted by atomic mass is 10.1. The lowest BCUT2D eigenvalue weighted by Crippen LogP contribution is -2.48. The fraction of sp³-hybridized carbons (Fsp3) is 0.286. The Kier molecular flexibility index (Phi) is 6.83. The predicted molar refractivity (Wildman–Crippen MR) is 128 cm³/mol. The molecule has 1 aromatic heterocycles. The number of anilines is 1. The summed E-state index contributed by atoms with van der Waals surface area (Å²) in [5.74, 6) is 1.39. The van der Waals surface area contributed by atoms with Crippen molar-refractivity contribution in [1.29, 1.82) is 0 Å². The van der Waals surface area contributed by atoms with Crippen molar-refractivity contribution in [3.63, 3.8) is 0 Å². The van der Waals surface area contributed by atoms with Gasteiger partial charge in [-0.2, -0.15) is 4.31 Å². The lowest BCUT2D eigenvalue weighted by Gasteiger charge is -2.33. The second-order valence-corrected chi connectivity index (χ2v) is 10.6. The van der Waals surface area contributed by atoms with Crippen LogP contribution >= 0.6 is 34.5 Å². The van der Waals surface area contributed by atoms with Crippen molar-refractivity contribution in [2.45, 2.75) is 4.90 Å². The molecule has 1 fully saturated rings. The first-order chi connectivity index (χ1) is 15.3. The molecule has 1 aliphatic rings. The number of sulfonamides is 1. The molecule has 11 heteroatoms. The van der Waals surface area contributed by atoms with Crippen LogP contribution in [0.3, 0.4) is 0 Å². The molecule has 2 aromatic carbocycles. The molecule has 3 aromatic rings. The Labute approximate surface area is 201 Å². The van der Waals surface area contributed by atoms with E-state index in [-0.39, 0.29) is 9.92 Å². The van der Waals surface area contributed by atoms with Crippen molar-refractivity contribution in [1.82, 2.24) is 9.29 Å². The van der Waals surface area contributed by atoms with Gasteiger partial charge in [-0.05, 0) is 30.3 Å². The number of hydrogen-bond acceptors (Lipinski definition) is 7. The summed E-state index contributed by atoms with van der Waals surface area (Å²) in [5, 5.41) is 3.35. The summed E-state index contributed by atoms with van der Waals surface area (Å²) in [4.78, 5) is 6.99. The first-order valence-corrected chi connectivity index (χ1v) is 12.8. The molecule has 1 saturated heterocycles. The van der Waals surface area contributed by atoms with Gasteiger partial charge in [-0.1, -0.05) is 23.2 Å². The van der Waals surface area contributed by atoms with Crippen LogP contribution in [0.5, 0.6) is 11.5 Å². The fourth-order valence-corrected chi connectivity index (χ4v) is 6.14. The number of nitrogens with zero attached hydrogens (tertiary/aromatic N) is 3. The number of piperazine rings is 1. The van der Waals surface area contributed by atoms with Crippen LogP contribution in [-0.2, 0) is 10.0 Å². The molecule has 0 spiro atoms. The van der Waals surface area contributed by atoms with Crippen LogP contribution in [0.4, 0.5) is 5.13 Å². The molecule has 0 N–H and O–H groups in total. The van der Waals surface area contributed by atoms with E-state index >= 15 is 0 Å². The number of halogens is 2. The summed E-state index contributed by atoms with van der Waals surface area (Å²) >= 11 is 13.4. The summed E-state index contributed by atoms with van der Waals surface area (Å²) in [6.45, 7) is 1.77. The van der Waals surface area contributed by atoms with Gasteiger partial charge in [0.1, 0.15) is 11.5 Å². The number of rotatable bonds is 6. The summed E-state index contributed by atoms with van der Waals surface area (Å²) < 4.78 is 38.2. The summed E-state index contributed by atoms with van der Waals surface area (Å²) in [5.41, 5.74) is 1.67. The molecule has 170 valence electrons. The normalized spacial score (nSPS) is 15.1. The van der Waals surface area contributed by atoms with E-state index in [9.17, 15) is 8.42 Å². The third kappa shape index (κ3) is 4.53. The number of methoxy groups -OCH3 is 2. The molecular weight excluding hydrogens is 493 g/mol. The zero-order valence-corrected chi connectivity index (χ0v) is 20.6. The highest BCUT2D eigenvalue weighted by Crippen LogP contribution is 2.36. The molecule has 0 unspecified atom stereocenters. The molecule has 2 heterocycles. The van der Waals surface area contributed by atoms with E-state index in [0.717, 1.165) is 16.4 Å². The molecule has 0 aliphatic carbocycles. The molecule has 0 atom stereocenters. The maximum absolute atomic E-state index is 13.0. The highest BCUT2D eigenvalue weighted by Gasteiger charge is 2.30. The van der Waals surface area contributed by atoms with Crippen molar-refractivity contribution in [3.8, 4) is 22.8 Å². The molecule has 32 heavy (non-hydrogen) atoms. The Balaban J connectivity index is 1.48. The van der Waals surface area contributed by atoms with Crippen molar-refractivity contribution in [2.75, 3.05) is 45.3 Å². The number of aromatic nitrogens is 1. The smallest absolute Gasteiger partial charge is 0.243 e. The standard InChI is InChI=1S/C21H21Cl2N3O4S2/c1-29-14-3-5-16(20(11-14)30-2)19-13-31-21(24-19)25-7-9-26(10-8-25)32(27,28)15-4-6-17(22)18(23)12-15/h3-6,11-13H,7-10H2,1-2H3. The Bertz CT molecular complexity index is 1230. The minimum atomic E-state index is -3.64. The van der Waals surface area contributed by atoms with Gasteiger partial charge in [0.2, 0.25) is 10.0 Å². The zero-order valence-electron chi connectivity index (χ0n) is 17.4. The molecule has 0 saturated carbocycles. The van der Waals surface area contributed by atoms with Crippen LogP contribution in [-0.4, -0.2) is 58.1 Å². The van der Waals surface area contributed by atoms with Crippen LogP contribution in [0, 0.1) is 0 Å². The minimum Gasteiger partial charge on any atom is -0.497 e. The van der Waals surface area contributed by atoms with Gasteiger partial charge in [0.25, 0.3) is 0 Å². The van der Waals surface area contributed by atoms with Crippen LogP contribution in [0.25, 0.3) is 11.3 Å². The van der Waals surface area contributed by atoms with E-state index in [1.165, 1.54) is 33.8 Å². The van der Waals surface area contributed by atoms with Crippen molar-refractivity contribution >= 4 is 49.7 Å². The zero-order chi connectivity index (χ0) is 22.9. The molecule has 4 rings (SSSR count). The van der Waals surface area contributed by atoms with Gasteiger partial charge in [0, 0.05) is 43.2 Å². The molecule has 7 nitrogen and oxygen atoms in total. The topological polar surface area (TPSA) is 72.0 Å². The third-order valence-electron chi connectivity index (χ3n) is 5.21. The SMILES string of the molecule is COc1ccc(-c2csc(N3CCN(S(=O)(=O)c4ccc(Cl)c(Cl)c4)CC3)n2)c(OC)c1. The van der Waals surface area contributed by atoms with E-state index in [1.54, 1.807) is 14.2 Å². The highest BCUT2D eigenvalue weighted by molar-refractivity contribution is 7.89. The second kappa shape index (κ2) is 9.44. The molecular formula is C21H21Cl2N3O4S2. The number of thiazole rings is 1. The van der Waals surface area contributed by atoms with E-state index < -0.39 is 10.0 Å². The Hall–Kier alpha value is -2.04. The van der Waals surface area contributed by atoms with Gasteiger partial charge in [-0.25, -0.2) is 13.4 Å². The molecule has 1 aliphatic heterocycles. The van der Waals surface area contributed by atoms with E-state index in [2.05, 4.69) is 4.90 Å². The van der Waals surface area contributed by atoms with Gasteiger partial charge in [-0.15, -0.1) is 11.3 Å². The number of ether oxygens (including phenoxy) is 2. The number of benzene rings is 2. The predicted octanol–water partition coefficient (Wildman–Crippen LogP) is 4.65. The highest BCUT2D eigenvalue weighted by atomic mass is 35.5. The second-order valence-electron chi connectivity index (χ2n) is 7.05. The van der Waals surface area contributed by atoms with Gasteiger partial charge in [-0.3, -0.25) is 0 Å². The van der Waals surface area contributed by atoms with E-state index in [4.69, 9.17) is 37.7 Å². The maximum atomic E-state index is 13.0. The minimum absolute atomic E-state index is 0.142.